The second-order valence-corrected chi connectivity index (χ2v) is 6.56. The van der Waals surface area contributed by atoms with Gasteiger partial charge in [-0.1, -0.05) is 42.5 Å². The predicted octanol–water partition coefficient (Wildman–Crippen LogP) is 2.52. The normalized spacial score (nSPS) is 11.7. The molecule has 120 valence electrons. The van der Waals surface area contributed by atoms with Gasteiger partial charge in [0.1, 0.15) is 0 Å². The van der Waals surface area contributed by atoms with Crippen molar-refractivity contribution in [3.05, 3.63) is 76.7 Å². The minimum absolute atomic E-state index is 0.208. The van der Waals surface area contributed by atoms with E-state index in [2.05, 4.69) is 4.72 Å². The highest BCUT2D eigenvalue weighted by atomic mass is 32.2. The van der Waals surface area contributed by atoms with Gasteiger partial charge in [-0.15, -0.1) is 0 Å². The molecular formula is C17H17NO4S. The van der Waals surface area contributed by atoms with Gasteiger partial charge in [-0.3, -0.25) is 0 Å². The Balaban J connectivity index is 1.87. The Labute approximate surface area is 135 Å². The molecule has 0 saturated heterocycles. The monoisotopic (exact) mass is 331 g/mol. The van der Waals surface area contributed by atoms with Gasteiger partial charge in [0.15, 0.2) is 0 Å². The van der Waals surface area contributed by atoms with Gasteiger partial charge in [0.2, 0.25) is 10.0 Å². The first-order valence-electron chi connectivity index (χ1n) is 7.01. The van der Waals surface area contributed by atoms with Crippen molar-refractivity contribution in [1.82, 2.24) is 4.72 Å². The fourth-order valence-electron chi connectivity index (χ4n) is 1.93. The highest BCUT2D eigenvalue weighted by molar-refractivity contribution is 7.92. The third-order valence-corrected chi connectivity index (χ3v) is 4.26. The SMILES string of the molecule is O=C(O)c1ccc(CCNS(=O)(=O)C=Cc2ccccc2)cc1. The van der Waals surface area contributed by atoms with Crippen molar-refractivity contribution in [3.8, 4) is 0 Å². The lowest BCUT2D eigenvalue weighted by molar-refractivity contribution is 0.0697. The average Bonchev–Trinajstić information content (AvgIpc) is 2.54. The number of hydrogen-bond acceptors (Lipinski definition) is 3. The minimum Gasteiger partial charge on any atom is -0.478 e. The molecule has 0 atom stereocenters. The Morgan fingerprint density at radius 3 is 2.30 bits per heavy atom. The maximum atomic E-state index is 11.9. The van der Waals surface area contributed by atoms with E-state index in [-0.39, 0.29) is 12.1 Å². The fraction of sp³-hybridized carbons (Fsp3) is 0.118. The van der Waals surface area contributed by atoms with Crippen LogP contribution >= 0.6 is 0 Å². The van der Waals surface area contributed by atoms with E-state index in [9.17, 15) is 13.2 Å². The third-order valence-electron chi connectivity index (χ3n) is 3.16. The summed E-state index contributed by atoms with van der Waals surface area (Å²) >= 11 is 0. The molecule has 5 nitrogen and oxygen atoms in total. The number of aromatic carboxylic acids is 1. The molecule has 0 fully saturated rings. The standard InChI is InChI=1S/C17H17NO4S/c19-17(20)16-8-6-15(7-9-16)10-12-18-23(21,22)13-11-14-4-2-1-3-5-14/h1-9,11,13,18H,10,12H2,(H,19,20). The van der Waals surface area contributed by atoms with E-state index < -0.39 is 16.0 Å². The van der Waals surface area contributed by atoms with E-state index >= 15 is 0 Å². The van der Waals surface area contributed by atoms with Crippen molar-refractivity contribution in [2.75, 3.05) is 6.54 Å². The molecule has 0 saturated carbocycles. The van der Waals surface area contributed by atoms with Gasteiger partial charge in [0, 0.05) is 12.0 Å². The van der Waals surface area contributed by atoms with E-state index in [0.717, 1.165) is 16.5 Å². The van der Waals surface area contributed by atoms with Crippen LogP contribution in [0.3, 0.4) is 0 Å². The summed E-state index contributed by atoms with van der Waals surface area (Å²) in [6, 6.07) is 15.5. The van der Waals surface area contributed by atoms with Crippen LogP contribution in [-0.4, -0.2) is 26.0 Å². The van der Waals surface area contributed by atoms with E-state index in [1.165, 1.54) is 18.2 Å². The molecule has 0 amide bonds. The van der Waals surface area contributed by atoms with Gasteiger partial charge in [0.05, 0.1) is 5.56 Å². The maximum Gasteiger partial charge on any atom is 0.335 e. The summed E-state index contributed by atoms with van der Waals surface area (Å²) in [5.41, 5.74) is 1.88. The van der Waals surface area contributed by atoms with Crippen LogP contribution in [-0.2, 0) is 16.4 Å². The number of carboxylic acid groups (broad SMARTS) is 1. The second-order valence-electron chi connectivity index (χ2n) is 4.90. The number of carboxylic acids is 1. The first-order chi connectivity index (χ1) is 11.0. The van der Waals surface area contributed by atoms with Gasteiger partial charge in [-0.05, 0) is 35.8 Å². The molecule has 0 bridgehead atoms. The van der Waals surface area contributed by atoms with Crippen molar-refractivity contribution in [2.24, 2.45) is 0 Å². The quantitative estimate of drug-likeness (QED) is 0.816. The van der Waals surface area contributed by atoms with Gasteiger partial charge in [0.25, 0.3) is 0 Å². The van der Waals surface area contributed by atoms with Crippen LogP contribution in [0.5, 0.6) is 0 Å². The number of carbonyl (C=O) groups is 1. The zero-order valence-corrected chi connectivity index (χ0v) is 13.2. The number of rotatable bonds is 7. The molecule has 0 unspecified atom stereocenters. The molecule has 2 N–H and O–H groups in total. The highest BCUT2D eigenvalue weighted by Gasteiger charge is 2.05. The summed E-state index contributed by atoms with van der Waals surface area (Å²) in [7, 11) is -3.50. The summed E-state index contributed by atoms with van der Waals surface area (Å²) in [5, 5.41) is 9.95. The topological polar surface area (TPSA) is 83.5 Å². The summed E-state index contributed by atoms with van der Waals surface area (Å²) in [6.45, 7) is 0.244. The van der Waals surface area contributed by atoms with Crippen LogP contribution in [0.15, 0.2) is 60.0 Å². The maximum absolute atomic E-state index is 11.9. The molecule has 23 heavy (non-hydrogen) atoms. The smallest absolute Gasteiger partial charge is 0.335 e. The van der Waals surface area contributed by atoms with E-state index in [1.54, 1.807) is 12.1 Å². The first kappa shape index (κ1) is 16.9. The molecule has 0 radical (unpaired) electrons. The molecule has 0 aliphatic heterocycles. The fourth-order valence-corrected chi connectivity index (χ4v) is 2.75. The zero-order valence-electron chi connectivity index (χ0n) is 12.3. The Morgan fingerprint density at radius 2 is 1.70 bits per heavy atom. The molecule has 0 aliphatic carbocycles. The van der Waals surface area contributed by atoms with Crippen molar-refractivity contribution in [2.45, 2.75) is 6.42 Å². The highest BCUT2D eigenvalue weighted by Crippen LogP contribution is 2.06. The summed E-state index contributed by atoms with van der Waals surface area (Å²) in [4.78, 5) is 10.7. The number of hydrogen-bond donors (Lipinski definition) is 2. The lowest BCUT2D eigenvalue weighted by Crippen LogP contribution is -2.23. The van der Waals surface area contributed by atoms with Crippen LogP contribution in [0.2, 0.25) is 0 Å². The Morgan fingerprint density at radius 1 is 1.04 bits per heavy atom. The number of sulfonamides is 1. The van der Waals surface area contributed by atoms with E-state index in [4.69, 9.17) is 5.11 Å². The number of benzene rings is 2. The Bertz CT molecular complexity index is 781. The first-order valence-corrected chi connectivity index (χ1v) is 8.56. The third kappa shape index (κ3) is 5.69. The average molecular weight is 331 g/mol. The minimum atomic E-state index is -3.50. The Kier molecular flexibility index (Phi) is 5.67. The summed E-state index contributed by atoms with van der Waals surface area (Å²) < 4.78 is 26.2. The molecule has 0 heterocycles. The molecule has 2 aromatic carbocycles. The molecule has 0 spiro atoms. The molecule has 0 aliphatic rings. The van der Waals surface area contributed by atoms with Gasteiger partial charge >= 0.3 is 5.97 Å². The van der Waals surface area contributed by atoms with Crippen molar-refractivity contribution in [3.63, 3.8) is 0 Å². The summed E-state index contributed by atoms with van der Waals surface area (Å²) in [6.07, 6.45) is 2.02. The van der Waals surface area contributed by atoms with Crippen molar-refractivity contribution >= 4 is 22.1 Å². The second kappa shape index (κ2) is 7.71. The van der Waals surface area contributed by atoms with Crippen molar-refractivity contribution in [1.29, 1.82) is 0 Å². The van der Waals surface area contributed by atoms with Gasteiger partial charge in [-0.2, -0.15) is 0 Å². The van der Waals surface area contributed by atoms with Crippen LogP contribution in [0.1, 0.15) is 21.5 Å². The van der Waals surface area contributed by atoms with E-state index in [0.29, 0.717) is 6.42 Å². The molecular weight excluding hydrogens is 314 g/mol. The van der Waals surface area contributed by atoms with Crippen LogP contribution < -0.4 is 4.72 Å². The largest absolute Gasteiger partial charge is 0.478 e. The van der Waals surface area contributed by atoms with Crippen molar-refractivity contribution < 1.29 is 18.3 Å². The van der Waals surface area contributed by atoms with Gasteiger partial charge < -0.3 is 5.11 Å². The Hall–Kier alpha value is -2.44. The number of nitrogens with one attached hydrogen (secondary N) is 1. The molecule has 6 heteroatoms. The lowest BCUT2D eigenvalue weighted by atomic mass is 10.1. The summed E-state index contributed by atoms with van der Waals surface area (Å²) in [5.74, 6) is -0.983. The van der Waals surface area contributed by atoms with Crippen LogP contribution in [0.25, 0.3) is 6.08 Å². The van der Waals surface area contributed by atoms with E-state index in [1.807, 2.05) is 30.3 Å². The molecule has 2 rings (SSSR count). The van der Waals surface area contributed by atoms with Gasteiger partial charge in [-0.25, -0.2) is 17.9 Å². The zero-order chi connectivity index (χ0) is 16.7. The lowest BCUT2D eigenvalue weighted by Gasteiger charge is -2.04. The van der Waals surface area contributed by atoms with Crippen LogP contribution in [0, 0.1) is 0 Å². The molecule has 2 aromatic rings. The predicted molar refractivity (Wildman–Crippen MR) is 89.5 cm³/mol. The molecule has 0 aromatic heterocycles. The van der Waals surface area contributed by atoms with Crippen LogP contribution in [0.4, 0.5) is 0 Å².